The number of hydrogen-bond acceptors (Lipinski definition) is 2. The molecule has 3 nitrogen and oxygen atoms in total. The Bertz CT molecular complexity index is 541. The first-order chi connectivity index (χ1) is 8.25. The number of nitrogens with one attached hydrogen (secondary N) is 1. The Labute approximate surface area is 114 Å². The predicted octanol–water partition coefficient (Wildman–Crippen LogP) is 3.00. The highest BCUT2D eigenvalue weighted by Crippen LogP contribution is 2.26. The van der Waals surface area contributed by atoms with Gasteiger partial charge in [-0.1, -0.05) is 11.6 Å². The lowest BCUT2D eigenvalue weighted by Gasteiger charge is -2.24. The highest BCUT2D eigenvalue weighted by atomic mass is 35.5. The van der Waals surface area contributed by atoms with E-state index >= 15 is 0 Å². The summed E-state index contributed by atoms with van der Waals surface area (Å²) in [5, 5.41) is 9.30. The van der Waals surface area contributed by atoms with E-state index in [0.717, 1.165) is 13.1 Å². The van der Waals surface area contributed by atoms with Crippen molar-refractivity contribution in [3.05, 3.63) is 29.5 Å². The van der Waals surface area contributed by atoms with Gasteiger partial charge in [0.2, 0.25) is 0 Å². The van der Waals surface area contributed by atoms with Gasteiger partial charge in [-0.05, 0) is 51.4 Å². The van der Waals surface area contributed by atoms with Gasteiger partial charge in [0.15, 0.2) is 0 Å². The molecule has 0 saturated carbocycles. The second-order valence-electron chi connectivity index (χ2n) is 5.09. The van der Waals surface area contributed by atoms with E-state index in [0.29, 0.717) is 6.04 Å². The van der Waals surface area contributed by atoms with Gasteiger partial charge in [0.05, 0.1) is 17.8 Å². The maximum Gasteiger partial charge on any atom is 0.0715 e. The molecule has 2 aromatic rings. The highest BCUT2D eigenvalue weighted by Gasteiger charge is 2.18. The fourth-order valence-corrected chi connectivity index (χ4v) is 2.91. The summed E-state index contributed by atoms with van der Waals surface area (Å²) in [7, 11) is 0. The third-order valence-electron chi connectivity index (χ3n) is 3.68. The Balaban J connectivity index is 0.00000120. The maximum atomic E-state index is 4.61. The van der Waals surface area contributed by atoms with Gasteiger partial charge >= 0.3 is 0 Å². The molecule has 0 atom stereocenters. The second kappa shape index (κ2) is 5.29. The summed E-state index contributed by atoms with van der Waals surface area (Å²) < 4.78 is 2.24. The second-order valence-corrected chi connectivity index (χ2v) is 5.09. The van der Waals surface area contributed by atoms with Gasteiger partial charge in [0.25, 0.3) is 0 Å². The SMILES string of the molecule is Cc1cc(C)c2c(cnn2C2CCNCC2)c1.Cl. The predicted molar refractivity (Wildman–Crippen MR) is 77.6 cm³/mol. The lowest BCUT2D eigenvalue weighted by Crippen LogP contribution is -2.29. The number of rotatable bonds is 1. The number of nitrogens with zero attached hydrogens (tertiary/aromatic N) is 2. The average molecular weight is 266 g/mol. The molecule has 3 rings (SSSR count). The smallest absolute Gasteiger partial charge is 0.0715 e. The number of piperidine rings is 1. The van der Waals surface area contributed by atoms with Crippen LogP contribution in [0.15, 0.2) is 18.3 Å². The molecular weight excluding hydrogens is 246 g/mol. The largest absolute Gasteiger partial charge is 0.317 e. The zero-order chi connectivity index (χ0) is 11.8. The third kappa shape index (κ3) is 2.25. The van der Waals surface area contributed by atoms with Crippen LogP contribution >= 0.6 is 12.4 Å². The summed E-state index contributed by atoms with van der Waals surface area (Å²) in [6.45, 7) is 6.55. The molecule has 0 aliphatic carbocycles. The monoisotopic (exact) mass is 265 g/mol. The van der Waals surface area contributed by atoms with Crippen molar-refractivity contribution in [2.24, 2.45) is 0 Å². The van der Waals surface area contributed by atoms with Crippen LogP contribution in [0.25, 0.3) is 10.9 Å². The number of hydrogen-bond donors (Lipinski definition) is 1. The van der Waals surface area contributed by atoms with Crippen molar-refractivity contribution in [1.29, 1.82) is 0 Å². The fraction of sp³-hybridized carbons (Fsp3) is 0.500. The van der Waals surface area contributed by atoms with Gasteiger partial charge in [-0.3, -0.25) is 4.68 Å². The molecule has 1 saturated heterocycles. The third-order valence-corrected chi connectivity index (χ3v) is 3.68. The molecular formula is C14H20ClN3. The number of aryl methyl sites for hydroxylation is 2. The molecule has 98 valence electrons. The topological polar surface area (TPSA) is 29.9 Å². The van der Waals surface area contributed by atoms with Crippen LogP contribution in [0.1, 0.15) is 30.0 Å². The molecule has 2 heterocycles. The van der Waals surface area contributed by atoms with Crippen LogP contribution in [0, 0.1) is 13.8 Å². The van der Waals surface area contributed by atoms with Gasteiger partial charge < -0.3 is 5.32 Å². The summed E-state index contributed by atoms with van der Waals surface area (Å²) in [4.78, 5) is 0. The summed E-state index contributed by atoms with van der Waals surface area (Å²) >= 11 is 0. The Hall–Kier alpha value is -1.06. The van der Waals surface area contributed by atoms with Gasteiger partial charge in [-0.2, -0.15) is 5.10 Å². The van der Waals surface area contributed by atoms with Crippen LogP contribution in [0.5, 0.6) is 0 Å². The summed E-state index contributed by atoms with van der Waals surface area (Å²) in [5.74, 6) is 0. The van der Waals surface area contributed by atoms with E-state index in [1.54, 1.807) is 0 Å². The van der Waals surface area contributed by atoms with Crippen molar-refractivity contribution in [2.45, 2.75) is 32.7 Å². The van der Waals surface area contributed by atoms with E-state index in [2.05, 4.69) is 41.1 Å². The normalized spacial score (nSPS) is 16.8. The maximum absolute atomic E-state index is 4.61. The number of fused-ring (bicyclic) bond motifs is 1. The number of aromatic nitrogens is 2. The lowest BCUT2D eigenvalue weighted by molar-refractivity contribution is 0.351. The summed E-state index contributed by atoms with van der Waals surface area (Å²) in [5.41, 5.74) is 3.98. The Morgan fingerprint density at radius 3 is 2.67 bits per heavy atom. The summed E-state index contributed by atoms with van der Waals surface area (Å²) in [6.07, 6.45) is 4.38. The average Bonchev–Trinajstić information content (AvgIpc) is 2.74. The van der Waals surface area contributed by atoms with Crippen molar-refractivity contribution in [3.63, 3.8) is 0 Å². The number of benzene rings is 1. The molecule has 1 aliphatic rings. The van der Waals surface area contributed by atoms with E-state index in [-0.39, 0.29) is 12.4 Å². The molecule has 4 heteroatoms. The zero-order valence-electron chi connectivity index (χ0n) is 10.9. The molecule has 0 spiro atoms. The van der Waals surface area contributed by atoms with Crippen LogP contribution in [0.3, 0.4) is 0 Å². The Morgan fingerprint density at radius 1 is 1.22 bits per heavy atom. The molecule has 18 heavy (non-hydrogen) atoms. The molecule has 0 unspecified atom stereocenters. The van der Waals surface area contributed by atoms with E-state index in [9.17, 15) is 0 Å². The van der Waals surface area contributed by atoms with Crippen molar-refractivity contribution < 1.29 is 0 Å². The molecule has 1 aromatic carbocycles. The minimum absolute atomic E-state index is 0. The molecule has 1 fully saturated rings. The standard InChI is InChI=1S/C14H19N3.ClH/c1-10-7-11(2)14-12(8-10)9-16-17(14)13-3-5-15-6-4-13;/h7-9,13,15H,3-6H2,1-2H3;1H. The first-order valence-electron chi connectivity index (χ1n) is 6.41. The minimum Gasteiger partial charge on any atom is -0.317 e. The lowest BCUT2D eigenvalue weighted by atomic mass is 10.0. The molecule has 0 bridgehead atoms. The van der Waals surface area contributed by atoms with Gasteiger partial charge in [0.1, 0.15) is 0 Å². The van der Waals surface area contributed by atoms with Crippen LogP contribution in [0.2, 0.25) is 0 Å². The van der Waals surface area contributed by atoms with Crippen LogP contribution in [-0.2, 0) is 0 Å². The van der Waals surface area contributed by atoms with Crippen LogP contribution in [0.4, 0.5) is 0 Å². The Morgan fingerprint density at radius 2 is 1.94 bits per heavy atom. The van der Waals surface area contributed by atoms with Crippen molar-refractivity contribution >= 4 is 23.3 Å². The molecule has 0 radical (unpaired) electrons. The summed E-state index contributed by atoms with van der Waals surface area (Å²) in [6, 6.07) is 5.05. The van der Waals surface area contributed by atoms with Crippen molar-refractivity contribution in [3.8, 4) is 0 Å². The highest BCUT2D eigenvalue weighted by molar-refractivity contribution is 5.85. The molecule has 0 amide bonds. The van der Waals surface area contributed by atoms with E-state index in [1.165, 1.54) is 34.9 Å². The molecule has 1 N–H and O–H groups in total. The molecule has 1 aliphatic heterocycles. The minimum atomic E-state index is 0. The zero-order valence-corrected chi connectivity index (χ0v) is 11.8. The van der Waals surface area contributed by atoms with Gasteiger partial charge in [-0.25, -0.2) is 0 Å². The number of halogens is 1. The Kier molecular flexibility index (Phi) is 3.93. The van der Waals surface area contributed by atoms with Gasteiger partial charge in [-0.15, -0.1) is 12.4 Å². The van der Waals surface area contributed by atoms with Gasteiger partial charge in [0, 0.05) is 5.39 Å². The van der Waals surface area contributed by atoms with Crippen LogP contribution in [-0.4, -0.2) is 22.9 Å². The quantitative estimate of drug-likeness (QED) is 0.859. The van der Waals surface area contributed by atoms with Crippen LogP contribution < -0.4 is 5.32 Å². The van der Waals surface area contributed by atoms with E-state index in [1.807, 2.05) is 6.20 Å². The van der Waals surface area contributed by atoms with E-state index in [4.69, 9.17) is 0 Å². The first-order valence-corrected chi connectivity index (χ1v) is 6.41. The first kappa shape index (κ1) is 13.4. The van der Waals surface area contributed by atoms with Crippen molar-refractivity contribution in [1.82, 2.24) is 15.1 Å². The van der Waals surface area contributed by atoms with E-state index < -0.39 is 0 Å². The fourth-order valence-electron chi connectivity index (χ4n) is 2.91. The molecule has 1 aromatic heterocycles. The van der Waals surface area contributed by atoms with Crippen molar-refractivity contribution in [2.75, 3.05) is 13.1 Å².